The van der Waals surface area contributed by atoms with E-state index in [0.29, 0.717) is 6.42 Å². The van der Waals surface area contributed by atoms with Crippen LogP contribution in [0.5, 0.6) is 0 Å². The molecule has 7 nitrogen and oxygen atoms in total. The molecule has 1 N–H and O–H groups in total. The molecule has 0 unspecified atom stereocenters. The Morgan fingerprint density at radius 1 is 1.25 bits per heavy atom. The molecule has 3 aromatic rings. The molecular weight excluding hydrogens is 381 g/mol. The maximum absolute atomic E-state index is 13.3. The first-order valence-electron chi connectivity index (χ1n) is 8.98. The van der Waals surface area contributed by atoms with Gasteiger partial charge in [-0.05, 0) is 42.5 Å². The zero-order chi connectivity index (χ0) is 20.1. The summed E-state index contributed by atoms with van der Waals surface area (Å²) in [6, 6.07) is 5.69. The van der Waals surface area contributed by atoms with E-state index in [-0.39, 0.29) is 16.3 Å². The van der Waals surface area contributed by atoms with E-state index in [1.165, 1.54) is 24.7 Å². The average Bonchev–Trinajstić information content (AvgIpc) is 3.21. The summed E-state index contributed by atoms with van der Waals surface area (Å²) in [5.41, 5.74) is 2.37. The third kappa shape index (κ3) is 3.47. The van der Waals surface area contributed by atoms with Crippen LogP contribution in [0.2, 0.25) is 0 Å². The number of rotatable bonds is 4. The fraction of sp³-hybridized carbons (Fsp3) is 0.368. The predicted molar refractivity (Wildman–Crippen MR) is 102 cm³/mol. The van der Waals surface area contributed by atoms with Gasteiger partial charge >= 0.3 is 0 Å². The second-order valence-corrected chi connectivity index (χ2v) is 9.69. The molecule has 2 aromatic heterocycles. The molecule has 1 aliphatic rings. The number of benzene rings is 1. The van der Waals surface area contributed by atoms with Gasteiger partial charge in [0, 0.05) is 24.5 Å². The van der Waals surface area contributed by atoms with Gasteiger partial charge < -0.3 is 4.57 Å². The van der Waals surface area contributed by atoms with E-state index >= 15 is 0 Å². The molecule has 1 atom stereocenters. The van der Waals surface area contributed by atoms with Gasteiger partial charge in [-0.3, -0.25) is 0 Å². The van der Waals surface area contributed by atoms with Crippen LogP contribution in [0.4, 0.5) is 4.39 Å². The highest BCUT2D eigenvalue weighted by Gasteiger charge is 2.37. The lowest BCUT2D eigenvalue weighted by atomic mass is 9.74. The van der Waals surface area contributed by atoms with Gasteiger partial charge in [0.05, 0.1) is 24.3 Å². The number of nitrogens with zero attached hydrogens (tertiary/aromatic N) is 4. The van der Waals surface area contributed by atoms with E-state index in [9.17, 15) is 12.8 Å². The van der Waals surface area contributed by atoms with Gasteiger partial charge in [-0.15, -0.1) is 0 Å². The fourth-order valence-electron chi connectivity index (χ4n) is 3.73. The molecule has 28 heavy (non-hydrogen) atoms. The van der Waals surface area contributed by atoms with Crippen LogP contribution >= 0.6 is 0 Å². The molecule has 0 saturated carbocycles. The lowest BCUT2D eigenvalue weighted by Gasteiger charge is -2.35. The standard InChI is InChI=1S/C19H22FN5O2S/c1-19(2)8-16(23-28(26,27)18-11-24(3)12-21-18)15-10-22-25(17(15)9-19)14-6-4-13(20)5-7-14/h4-7,10-12,16,23H,8-9H2,1-3H3/t16-/m1/s1. The Morgan fingerprint density at radius 2 is 1.96 bits per heavy atom. The van der Waals surface area contributed by atoms with E-state index in [4.69, 9.17) is 0 Å². The van der Waals surface area contributed by atoms with E-state index in [1.807, 2.05) is 0 Å². The molecule has 4 rings (SSSR count). The van der Waals surface area contributed by atoms with Crippen LogP contribution in [0.3, 0.4) is 0 Å². The molecular formula is C19H22FN5O2S. The van der Waals surface area contributed by atoms with Crippen LogP contribution in [0.15, 0.2) is 48.0 Å². The Bertz CT molecular complexity index is 1120. The lowest BCUT2D eigenvalue weighted by Crippen LogP contribution is -2.36. The van der Waals surface area contributed by atoms with Crippen molar-refractivity contribution in [2.24, 2.45) is 12.5 Å². The number of halogens is 1. The highest BCUT2D eigenvalue weighted by molar-refractivity contribution is 7.89. The quantitative estimate of drug-likeness (QED) is 0.726. The summed E-state index contributed by atoms with van der Waals surface area (Å²) < 4.78 is 45.0. The number of hydrogen-bond donors (Lipinski definition) is 1. The van der Waals surface area contributed by atoms with Crippen LogP contribution in [0, 0.1) is 11.2 Å². The van der Waals surface area contributed by atoms with Crippen molar-refractivity contribution in [3.05, 3.63) is 60.1 Å². The van der Waals surface area contributed by atoms with Crippen LogP contribution in [0.25, 0.3) is 5.69 Å². The van der Waals surface area contributed by atoms with E-state index in [0.717, 1.165) is 23.4 Å². The van der Waals surface area contributed by atoms with Gasteiger partial charge in [-0.1, -0.05) is 13.8 Å². The normalized spacial score (nSPS) is 18.8. The van der Waals surface area contributed by atoms with Crippen molar-refractivity contribution in [1.82, 2.24) is 24.1 Å². The maximum atomic E-state index is 13.3. The first-order valence-corrected chi connectivity index (χ1v) is 10.5. The topological polar surface area (TPSA) is 81.8 Å². The second kappa shape index (κ2) is 6.52. The van der Waals surface area contributed by atoms with E-state index in [1.54, 1.807) is 34.6 Å². The molecule has 9 heteroatoms. The number of aromatic nitrogens is 4. The van der Waals surface area contributed by atoms with Gasteiger partial charge in [0.25, 0.3) is 10.0 Å². The van der Waals surface area contributed by atoms with Gasteiger partial charge in [0.2, 0.25) is 0 Å². The molecule has 1 aromatic carbocycles. The number of imidazole rings is 1. The minimum absolute atomic E-state index is 0.00847. The Morgan fingerprint density at radius 3 is 2.61 bits per heavy atom. The predicted octanol–water partition coefficient (Wildman–Crippen LogP) is 2.74. The van der Waals surface area contributed by atoms with Crippen LogP contribution < -0.4 is 4.72 Å². The second-order valence-electron chi connectivity index (χ2n) is 8.03. The lowest BCUT2D eigenvalue weighted by molar-refractivity contribution is 0.268. The third-order valence-corrected chi connectivity index (χ3v) is 6.36. The number of aryl methyl sites for hydroxylation is 1. The SMILES string of the molecule is Cn1cnc(S(=O)(=O)N[C@@H]2CC(C)(C)Cc3c2cnn3-c2ccc(F)cc2)c1. The molecule has 0 spiro atoms. The zero-order valence-electron chi connectivity index (χ0n) is 15.9. The Hall–Kier alpha value is -2.52. The van der Waals surface area contributed by atoms with Crippen LogP contribution in [0.1, 0.15) is 37.6 Å². The van der Waals surface area contributed by atoms with Gasteiger partial charge in [-0.2, -0.15) is 5.10 Å². The Labute approximate surface area is 163 Å². The number of sulfonamides is 1. The monoisotopic (exact) mass is 403 g/mol. The first kappa shape index (κ1) is 18.8. The summed E-state index contributed by atoms with van der Waals surface area (Å²) >= 11 is 0. The molecule has 0 fully saturated rings. The first-order chi connectivity index (χ1) is 13.1. The highest BCUT2D eigenvalue weighted by atomic mass is 32.2. The van der Waals surface area contributed by atoms with E-state index in [2.05, 4.69) is 28.7 Å². The van der Waals surface area contributed by atoms with Crippen molar-refractivity contribution < 1.29 is 12.8 Å². The van der Waals surface area contributed by atoms with Crippen molar-refractivity contribution >= 4 is 10.0 Å². The largest absolute Gasteiger partial charge is 0.339 e. The summed E-state index contributed by atoms with van der Waals surface area (Å²) in [4.78, 5) is 3.96. The van der Waals surface area contributed by atoms with Crippen molar-refractivity contribution in [3.63, 3.8) is 0 Å². The Kier molecular flexibility index (Phi) is 4.39. The summed E-state index contributed by atoms with van der Waals surface area (Å²) in [5, 5.41) is 4.45. The summed E-state index contributed by atoms with van der Waals surface area (Å²) in [6.45, 7) is 4.19. The summed E-state index contributed by atoms with van der Waals surface area (Å²) in [7, 11) is -2.04. The van der Waals surface area contributed by atoms with Crippen molar-refractivity contribution in [2.45, 2.75) is 37.8 Å². The van der Waals surface area contributed by atoms with Crippen molar-refractivity contribution in [3.8, 4) is 5.69 Å². The van der Waals surface area contributed by atoms with E-state index < -0.39 is 16.1 Å². The van der Waals surface area contributed by atoms with Gasteiger partial charge in [0.1, 0.15) is 5.82 Å². The third-order valence-electron chi connectivity index (χ3n) is 5.00. The summed E-state index contributed by atoms with van der Waals surface area (Å²) in [6.07, 6.45) is 6.00. The molecule has 0 aliphatic heterocycles. The zero-order valence-corrected chi connectivity index (χ0v) is 16.7. The smallest absolute Gasteiger partial charge is 0.260 e. The van der Waals surface area contributed by atoms with Gasteiger partial charge in [0.15, 0.2) is 5.03 Å². The summed E-state index contributed by atoms with van der Waals surface area (Å²) in [5.74, 6) is -0.314. The number of hydrogen-bond acceptors (Lipinski definition) is 4. The molecule has 1 aliphatic carbocycles. The molecule has 2 heterocycles. The molecule has 0 amide bonds. The molecule has 0 radical (unpaired) electrons. The number of nitrogens with one attached hydrogen (secondary N) is 1. The molecule has 148 valence electrons. The molecule has 0 saturated heterocycles. The Balaban J connectivity index is 1.72. The average molecular weight is 403 g/mol. The molecule has 0 bridgehead atoms. The number of fused-ring (bicyclic) bond motifs is 1. The minimum Gasteiger partial charge on any atom is -0.339 e. The minimum atomic E-state index is -3.76. The van der Waals surface area contributed by atoms with Gasteiger partial charge in [-0.25, -0.2) is 27.2 Å². The van der Waals surface area contributed by atoms with Crippen molar-refractivity contribution in [2.75, 3.05) is 0 Å². The highest BCUT2D eigenvalue weighted by Crippen LogP contribution is 2.41. The maximum Gasteiger partial charge on any atom is 0.260 e. The van der Waals surface area contributed by atoms with Crippen LogP contribution in [-0.2, 0) is 23.5 Å². The fourth-order valence-corrected chi connectivity index (χ4v) is 4.92. The van der Waals surface area contributed by atoms with Crippen LogP contribution in [-0.4, -0.2) is 27.7 Å². The van der Waals surface area contributed by atoms with Crippen molar-refractivity contribution in [1.29, 1.82) is 0 Å².